The summed E-state index contributed by atoms with van der Waals surface area (Å²) in [5.41, 5.74) is 6.41. The van der Waals surface area contributed by atoms with Gasteiger partial charge in [0.1, 0.15) is 5.82 Å². The molecule has 1 saturated heterocycles. The highest BCUT2D eigenvalue weighted by atomic mass is 127. The van der Waals surface area contributed by atoms with Gasteiger partial charge in [-0.05, 0) is 40.2 Å². The van der Waals surface area contributed by atoms with Crippen LogP contribution in [0.3, 0.4) is 0 Å². The number of nitrogens with zero attached hydrogens (tertiary/aromatic N) is 2. The highest BCUT2D eigenvalue weighted by Gasteiger charge is 2.30. The molecule has 1 aromatic rings. The van der Waals surface area contributed by atoms with E-state index in [2.05, 4.69) is 41.5 Å². The minimum atomic E-state index is 0.400. The lowest BCUT2D eigenvalue weighted by Crippen LogP contribution is -2.29. The molecule has 15 heavy (non-hydrogen) atoms. The lowest BCUT2D eigenvalue weighted by Gasteiger charge is -2.35. The summed E-state index contributed by atoms with van der Waals surface area (Å²) in [5.74, 6) is 3.19. The first-order chi connectivity index (χ1) is 6.99. The van der Waals surface area contributed by atoms with Crippen molar-refractivity contribution >= 4 is 40.2 Å². The molecule has 84 valence electrons. The minimum absolute atomic E-state index is 0.400. The van der Waals surface area contributed by atoms with E-state index < -0.39 is 0 Å². The van der Waals surface area contributed by atoms with Crippen LogP contribution >= 0.6 is 34.4 Å². The largest absolute Gasteiger partial charge is 0.383 e. The zero-order chi connectivity index (χ0) is 11.1. The predicted molar refractivity (Wildman–Crippen MR) is 74.1 cm³/mol. The lowest BCUT2D eigenvalue weighted by molar-refractivity contribution is 0.293. The quantitative estimate of drug-likeness (QED) is 0.802. The fourth-order valence-electron chi connectivity index (χ4n) is 2.03. The first-order valence-electron chi connectivity index (χ1n) is 5.06. The number of nitrogens with two attached hydrogens (primary N) is 1. The molecule has 5 heteroatoms. The molecule has 0 saturated carbocycles. The van der Waals surface area contributed by atoms with Crippen LogP contribution < -0.4 is 5.73 Å². The summed E-state index contributed by atoms with van der Waals surface area (Å²) in [6, 6.07) is 0.460. The molecule has 1 unspecified atom stereocenters. The Morgan fingerprint density at radius 3 is 2.93 bits per heavy atom. The number of hydrogen-bond acceptors (Lipinski definition) is 3. The first kappa shape index (κ1) is 11.6. The second-order valence-corrected chi connectivity index (χ2v) is 7.05. The summed E-state index contributed by atoms with van der Waals surface area (Å²) in [7, 11) is 0. The molecular formula is C10H16IN3S. The molecule has 0 spiro atoms. The zero-order valence-electron chi connectivity index (χ0n) is 9.03. The van der Waals surface area contributed by atoms with E-state index in [1.165, 1.54) is 12.2 Å². The summed E-state index contributed by atoms with van der Waals surface area (Å²) in [4.78, 5) is 0. The molecular weight excluding hydrogens is 321 g/mol. The number of hydrogen-bond donors (Lipinski definition) is 1. The zero-order valence-corrected chi connectivity index (χ0v) is 12.0. The maximum atomic E-state index is 6.01. The SMILES string of the molecule is CC1(C)CSCC(n2ncc(I)c2N)C1. The lowest BCUT2D eigenvalue weighted by atomic mass is 9.88. The highest BCUT2D eigenvalue weighted by molar-refractivity contribution is 14.1. The molecule has 1 aliphatic heterocycles. The van der Waals surface area contributed by atoms with Crippen LogP contribution in [0.5, 0.6) is 0 Å². The second-order valence-electron chi connectivity index (χ2n) is 4.86. The van der Waals surface area contributed by atoms with Gasteiger partial charge in [-0.2, -0.15) is 16.9 Å². The Morgan fingerprint density at radius 1 is 1.67 bits per heavy atom. The molecule has 2 heterocycles. The van der Waals surface area contributed by atoms with Crippen molar-refractivity contribution < 1.29 is 0 Å². The van der Waals surface area contributed by atoms with Crippen molar-refractivity contribution in [2.45, 2.75) is 26.3 Å². The second kappa shape index (κ2) is 4.16. The van der Waals surface area contributed by atoms with E-state index in [0.717, 1.165) is 15.1 Å². The van der Waals surface area contributed by atoms with Crippen molar-refractivity contribution in [1.82, 2.24) is 9.78 Å². The van der Waals surface area contributed by atoms with E-state index in [4.69, 9.17) is 5.73 Å². The van der Waals surface area contributed by atoms with Crippen LogP contribution in [0, 0.1) is 8.99 Å². The van der Waals surface area contributed by atoms with Crippen molar-refractivity contribution in [3.63, 3.8) is 0 Å². The number of rotatable bonds is 1. The molecule has 0 radical (unpaired) electrons. The number of aromatic nitrogens is 2. The highest BCUT2D eigenvalue weighted by Crippen LogP contribution is 2.39. The van der Waals surface area contributed by atoms with Crippen molar-refractivity contribution in [1.29, 1.82) is 0 Å². The third-order valence-electron chi connectivity index (χ3n) is 2.72. The van der Waals surface area contributed by atoms with Crippen molar-refractivity contribution in [3.8, 4) is 0 Å². The molecule has 1 fully saturated rings. The Morgan fingerprint density at radius 2 is 2.40 bits per heavy atom. The van der Waals surface area contributed by atoms with Gasteiger partial charge in [0.15, 0.2) is 0 Å². The average molecular weight is 337 g/mol. The van der Waals surface area contributed by atoms with Crippen molar-refractivity contribution in [2.24, 2.45) is 5.41 Å². The average Bonchev–Trinajstić information content (AvgIpc) is 2.46. The third-order valence-corrected chi connectivity index (χ3v) is 5.16. The molecule has 0 bridgehead atoms. The van der Waals surface area contributed by atoms with Crippen molar-refractivity contribution in [3.05, 3.63) is 9.77 Å². The van der Waals surface area contributed by atoms with Gasteiger partial charge in [0.2, 0.25) is 0 Å². The van der Waals surface area contributed by atoms with E-state index >= 15 is 0 Å². The molecule has 2 rings (SSSR count). The van der Waals surface area contributed by atoms with Gasteiger partial charge in [-0.3, -0.25) is 0 Å². The van der Waals surface area contributed by atoms with Gasteiger partial charge in [0, 0.05) is 5.75 Å². The van der Waals surface area contributed by atoms with Gasteiger partial charge in [0.05, 0.1) is 15.8 Å². The van der Waals surface area contributed by atoms with Gasteiger partial charge in [-0.15, -0.1) is 0 Å². The van der Waals surface area contributed by atoms with E-state index in [0.29, 0.717) is 11.5 Å². The normalized spacial score (nSPS) is 25.4. The fourth-order valence-corrected chi connectivity index (χ4v) is 3.72. The van der Waals surface area contributed by atoms with Gasteiger partial charge in [0.25, 0.3) is 0 Å². The third kappa shape index (κ3) is 2.43. The smallest absolute Gasteiger partial charge is 0.135 e. The Labute approximate surface area is 108 Å². The number of halogens is 1. The maximum Gasteiger partial charge on any atom is 0.135 e. The van der Waals surface area contributed by atoms with Gasteiger partial charge in [-0.1, -0.05) is 13.8 Å². The number of thioether (sulfide) groups is 1. The van der Waals surface area contributed by atoms with Gasteiger partial charge >= 0.3 is 0 Å². The standard InChI is InChI=1S/C10H16IN3S/c1-10(2)3-7(5-15-6-10)14-9(12)8(11)4-13-14/h4,7H,3,5-6,12H2,1-2H3. The fraction of sp³-hybridized carbons (Fsp3) is 0.700. The molecule has 1 aromatic heterocycles. The molecule has 0 aromatic carbocycles. The Bertz CT molecular complexity index is 362. The number of anilines is 1. The topological polar surface area (TPSA) is 43.8 Å². The van der Waals surface area contributed by atoms with Crippen molar-refractivity contribution in [2.75, 3.05) is 17.2 Å². The number of nitrogen functional groups attached to an aromatic ring is 1. The van der Waals surface area contributed by atoms with Crippen LogP contribution in [0.4, 0.5) is 5.82 Å². The Balaban J connectivity index is 2.21. The Kier molecular flexibility index (Phi) is 3.21. The van der Waals surface area contributed by atoms with Crippen LogP contribution in [0.15, 0.2) is 6.20 Å². The van der Waals surface area contributed by atoms with Crippen LogP contribution in [0.25, 0.3) is 0 Å². The predicted octanol–water partition coefficient (Wildman–Crippen LogP) is 2.77. The van der Waals surface area contributed by atoms with Crippen LogP contribution in [0.1, 0.15) is 26.3 Å². The molecule has 1 aliphatic rings. The maximum absolute atomic E-state index is 6.01. The summed E-state index contributed by atoms with van der Waals surface area (Å²) in [5, 5.41) is 4.38. The summed E-state index contributed by atoms with van der Waals surface area (Å²) in [6.45, 7) is 4.63. The summed E-state index contributed by atoms with van der Waals surface area (Å²) >= 11 is 4.24. The monoisotopic (exact) mass is 337 g/mol. The molecule has 2 N–H and O–H groups in total. The molecule has 0 amide bonds. The molecule has 0 aliphatic carbocycles. The van der Waals surface area contributed by atoms with Gasteiger partial charge in [-0.25, -0.2) is 4.68 Å². The van der Waals surface area contributed by atoms with E-state index in [1.54, 1.807) is 0 Å². The summed E-state index contributed by atoms with van der Waals surface area (Å²) in [6.07, 6.45) is 3.02. The first-order valence-corrected chi connectivity index (χ1v) is 7.29. The van der Waals surface area contributed by atoms with E-state index in [9.17, 15) is 0 Å². The van der Waals surface area contributed by atoms with Crippen LogP contribution in [0.2, 0.25) is 0 Å². The Hall–Kier alpha value is 0.0900. The summed E-state index contributed by atoms with van der Waals surface area (Å²) < 4.78 is 3.05. The van der Waals surface area contributed by atoms with Crippen LogP contribution in [-0.2, 0) is 0 Å². The van der Waals surface area contributed by atoms with E-state index in [1.807, 2.05) is 22.6 Å². The molecule has 3 nitrogen and oxygen atoms in total. The minimum Gasteiger partial charge on any atom is -0.383 e. The van der Waals surface area contributed by atoms with E-state index in [-0.39, 0.29) is 0 Å². The molecule has 1 atom stereocenters. The van der Waals surface area contributed by atoms with Crippen LogP contribution in [-0.4, -0.2) is 21.3 Å². The van der Waals surface area contributed by atoms with Gasteiger partial charge < -0.3 is 5.73 Å².